The molecule has 0 atom stereocenters. The van der Waals surface area contributed by atoms with Gasteiger partial charge in [-0.1, -0.05) is 29.8 Å². The summed E-state index contributed by atoms with van der Waals surface area (Å²) >= 11 is 5.82. The molecule has 0 amide bonds. The highest BCUT2D eigenvalue weighted by Gasteiger charge is 2.33. The van der Waals surface area contributed by atoms with Gasteiger partial charge in [-0.3, -0.25) is 0 Å². The zero-order chi connectivity index (χ0) is 15.4. The van der Waals surface area contributed by atoms with Crippen molar-refractivity contribution in [2.45, 2.75) is 24.9 Å². The predicted octanol–water partition coefficient (Wildman–Crippen LogP) is 3.67. The van der Waals surface area contributed by atoms with E-state index in [1.807, 2.05) is 18.2 Å². The molecular formula is C17H18ClFN2O. The molecule has 1 aliphatic rings. The van der Waals surface area contributed by atoms with E-state index < -0.39 is 0 Å². The zero-order valence-corrected chi connectivity index (χ0v) is 12.9. The van der Waals surface area contributed by atoms with Crippen molar-refractivity contribution >= 4 is 11.6 Å². The lowest BCUT2D eigenvalue weighted by Gasteiger charge is -2.39. The lowest BCUT2D eigenvalue weighted by molar-refractivity contribution is 0.0357. The molecule has 0 unspecified atom stereocenters. The zero-order valence-electron chi connectivity index (χ0n) is 12.2. The fraction of sp³-hybridized carbons (Fsp3) is 0.353. The van der Waals surface area contributed by atoms with Gasteiger partial charge in [0.15, 0.2) is 0 Å². The first-order valence-electron chi connectivity index (χ1n) is 7.37. The molecule has 116 valence electrons. The van der Waals surface area contributed by atoms with Gasteiger partial charge >= 0.3 is 0 Å². The number of halogens is 2. The minimum Gasteiger partial charge on any atom is -0.381 e. The lowest BCUT2D eigenvalue weighted by atomic mass is 9.82. The second-order valence-corrected chi connectivity index (χ2v) is 5.93. The Morgan fingerprint density at radius 2 is 1.86 bits per heavy atom. The van der Waals surface area contributed by atoms with Crippen LogP contribution in [0.1, 0.15) is 24.0 Å². The third-order valence-corrected chi connectivity index (χ3v) is 4.39. The Bertz CT molecular complexity index is 610. The monoisotopic (exact) mass is 320 g/mol. The van der Waals surface area contributed by atoms with Gasteiger partial charge < -0.3 is 10.1 Å². The molecule has 0 saturated carbocycles. The fourth-order valence-electron chi connectivity index (χ4n) is 2.84. The van der Waals surface area contributed by atoms with Crippen LogP contribution in [0.25, 0.3) is 0 Å². The maximum atomic E-state index is 13.2. The minimum absolute atomic E-state index is 0.189. The van der Waals surface area contributed by atoms with Gasteiger partial charge in [-0.25, -0.2) is 9.37 Å². The smallest absolute Gasteiger partial charge is 0.129 e. The van der Waals surface area contributed by atoms with Crippen LogP contribution in [0.4, 0.5) is 4.39 Å². The highest BCUT2D eigenvalue weighted by Crippen LogP contribution is 2.32. The molecule has 1 N–H and O–H groups in total. The quantitative estimate of drug-likeness (QED) is 0.873. The summed E-state index contributed by atoms with van der Waals surface area (Å²) in [6.07, 6.45) is 3.49. The van der Waals surface area contributed by atoms with E-state index in [-0.39, 0.29) is 11.4 Å². The number of ether oxygens (including phenoxy) is 1. The van der Waals surface area contributed by atoms with Gasteiger partial charge in [0.25, 0.3) is 0 Å². The molecule has 3 rings (SSSR count). The van der Waals surface area contributed by atoms with Crippen LogP contribution in [0.2, 0.25) is 5.15 Å². The third-order valence-electron chi connectivity index (χ3n) is 4.16. The highest BCUT2D eigenvalue weighted by molar-refractivity contribution is 6.29. The SMILES string of the molecule is Fc1ccc(C2(NCc3ccc(Cl)nc3)CCOCC2)cc1. The van der Waals surface area contributed by atoms with E-state index in [2.05, 4.69) is 10.3 Å². The molecule has 0 aliphatic carbocycles. The van der Waals surface area contributed by atoms with E-state index in [1.54, 1.807) is 12.3 Å². The number of benzene rings is 1. The Morgan fingerprint density at radius 1 is 1.14 bits per heavy atom. The minimum atomic E-state index is -0.215. The first-order chi connectivity index (χ1) is 10.7. The van der Waals surface area contributed by atoms with E-state index >= 15 is 0 Å². The van der Waals surface area contributed by atoms with E-state index in [0.29, 0.717) is 24.9 Å². The summed E-state index contributed by atoms with van der Waals surface area (Å²) in [6.45, 7) is 2.08. The number of aromatic nitrogens is 1. The number of pyridine rings is 1. The topological polar surface area (TPSA) is 34.2 Å². The summed E-state index contributed by atoms with van der Waals surface area (Å²) in [4.78, 5) is 4.10. The Hall–Kier alpha value is -1.49. The van der Waals surface area contributed by atoms with Crippen LogP contribution < -0.4 is 5.32 Å². The molecule has 0 bridgehead atoms. The van der Waals surface area contributed by atoms with E-state index in [0.717, 1.165) is 24.0 Å². The molecule has 3 nitrogen and oxygen atoms in total. The Morgan fingerprint density at radius 3 is 2.50 bits per heavy atom. The van der Waals surface area contributed by atoms with Crippen molar-refractivity contribution in [2.75, 3.05) is 13.2 Å². The van der Waals surface area contributed by atoms with Crippen LogP contribution in [0.3, 0.4) is 0 Å². The number of hydrogen-bond acceptors (Lipinski definition) is 3. The summed E-state index contributed by atoms with van der Waals surface area (Å²) in [5, 5.41) is 4.11. The molecule has 0 radical (unpaired) electrons. The molecular weight excluding hydrogens is 303 g/mol. The van der Waals surface area contributed by atoms with Crippen LogP contribution in [-0.2, 0) is 16.8 Å². The van der Waals surface area contributed by atoms with Gasteiger partial charge in [-0.15, -0.1) is 0 Å². The molecule has 2 aromatic rings. The van der Waals surface area contributed by atoms with Crippen molar-refractivity contribution in [3.8, 4) is 0 Å². The van der Waals surface area contributed by atoms with Crippen LogP contribution in [0, 0.1) is 5.82 Å². The summed E-state index contributed by atoms with van der Waals surface area (Å²) in [5.74, 6) is -0.215. The summed E-state index contributed by atoms with van der Waals surface area (Å²) < 4.78 is 18.7. The molecule has 0 spiro atoms. The van der Waals surface area contributed by atoms with E-state index in [9.17, 15) is 4.39 Å². The Labute approximate surface area is 134 Å². The second kappa shape index (κ2) is 6.73. The number of rotatable bonds is 4. The van der Waals surface area contributed by atoms with Gasteiger partial charge in [0.1, 0.15) is 11.0 Å². The molecule has 2 heterocycles. The van der Waals surface area contributed by atoms with E-state index in [1.165, 1.54) is 12.1 Å². The number of nitrogens with one attached hydrogen (secondary N) is 1. The maximum Gasteiger partial charge on any atom is 0.129 e. The van der Waals surface area contributed by atoms with Gasteiger partial charge in [-0.05, 0) is 42.2 Å². The van der Waals surface area contributed by atoms with Crippen LogP contribution in [0.15, 0.2) is 42.6 Å². The normalized spacial score (nSPS) is 17.4. The van der Waals surface area contributed by atoms with Crippen LogP contribution in [-0.4, -0.2) is 18.2 Å². The first kappa shape index (κ1) is 15.4. The summed E-state index contributed by atoms with van der Waals surface area (Å²) in [6, 6.07) is 10.5. The number of hydrogen-bond donors (Lipinski definition) is 1. The highest BCUT2D eigenvalue weighted by atomic mass is 35.5. The van der Waals surface area contributed by atoms with Crippen molar-refractivity contribution in [3.05, 3.63) is 64.7 Å². The van der Waals surface area contributed by atoms with Crippen molar-refractivity contribution in [1.29, 1.82) is 0 Å². The largest absolute Gasteiger partial charge is 0.381 e. The molecule has 22 heavy (non-hydrogen) atoms. The maximum absolute atomic E-state index is 13.2. The molecule has 1 aromatic carbocycles. The molecule has 1 saturated heterocycles. The predicted molar refractivity (Wildman–Crippen MR) is 84.2 cm³/mol. The summed E-state index contributed by atoms with van der Waals surface area (Å²) in [5.41, 5.74) is 1.97. The van der Waals surface area contributed by atoms with Crippen molar-refractivity contribution < 1.29 is 9.13 Å². The van der Waals surface area contributed by atoms with Crippen molar-refractivity contribution in [3.63, 3.8) is 0 Å². The molecule has 5 heteroatoms. The standard InChI is InChI=1S/C17H18ClFN2O/c18-16-6-1-13(11-20-16)12-21-17(7-9-22-10-8-17)14-2-4-15(19)5-3-14/h1-6,11,21H,7-10,12H2. The van der Waals surface area contributed by atoms with Crippen molar-refractivity contribution in [2.24, 2.45) is 0 Å². The fourth-order valence-corrected chi connectivity index (χ4v) is 2.95. The first-order valence-corrected chi connectivity index (χ1v) is 7.75. The average molecular weight is 321 g/mol. The number of nitrogens with zero attached hydrogens (tertiary/aromatic N) is 1. The average Bonchev–Trinajstić information content (AvgIpc) is 2.56. The third kappa shape index (κ3) is 3.46. The molecule has 1 fully saturated rings. The van der Waals surface area contributed by atoms with Gasteiger partial charge in [0.05, 0.1) is 0 Å². The van der Waals surface area contributed by atoms with Crippen molar-refractivity contribution in [1.82, 2.24) is 10.3 Å². The summed E-state index contributed by atoms with van der Waals surface area (Å²) in [7, 11) is 0. The molecule has 1 aromatic heterocycles. The van der Waals surface area contributed by atoms with Gasteiger partial charge in [0, 0.05) is 31.5 Å². The molecule has 1 aliphatic heterocycles. The van der Waals surface area contributed by atoms with Gasteiger partial charge in [0.2, 0.25) is 0 Å². The lowest BCUT2D eigenvalue weighted by Crippen LogP contribution is -2.46. The Balaban J connectivity index is 1.80. The van der Waals surface area contributed by atoms with Crippen LogP contribution >= 0.6 is 11.6 Å². The Kier molecular flexibility index (Phi) is 4.71. The second-order valence-electron chi connectivity index (χ2n) is 5.54. The van der Waals surface area contributed by atoms with Crippen LogP contribution in [0.5, 0.6) is 0 Å². The van der Waals surface area contributed by atoms with Gasteiger partial charge in [-0.2, -0.15) is 0 Å². The van der Waals surface area contributed by atoms with E-state index in [4.69, 9.17) is 16.3 Å².